The molecule has 16 heavy (non-hydrogen) atoms. The number of aromatic nitrogens is 1. The maximum Gasteiger partial charge on any atom is 0.157 e. The highest BCUT2D eigenvalue weighted by Gasteiger charge is 2.28. The van der Waals surface area contributed by atoms with E-state index in [1.54, 1.807) is 23.1 Å². The second-order valence-electron chi connectivity index (χ2n) is 4.53. The monoisotopic (exact) mass is 255 g/mol. The maximum atomic E-state index is 4.75. The molecule has 0 radical (unpaired) electrons. The van der Waals surface area contributed by atoms with E-state index in [-0.39, 0.29) is 11.6 Å². The fourth-order valence-electron chi connectivity index (χ4n) is 1.54. The predicted octanol–water partition coefficient (Wildman–Crippen LogP) is 3.07. The Hall–Kier alpha value is -0.550. The van der Waals surface area contributed by atoms with Gasteiger partial charge in [-0.3, -0.25) is 4.99 Å². The summed E-state index contributed by atoms with van der Waals surface area (Å²) in [6, 6.07) is 0.212. The number of aliphatic imine (C=N–C) groups is 1. The smallest absolute Gasteiger partial charge is 0.157 e. The lowest BCUT2D eigenvalue weighted by Gasteiger charge is -2.16. The molecule has 1 aliphatic rings. The van der Waals surface area contributed by atoms with E-state index in [0.29, 0.717) is 0 Å². The molecule has 0 saturated carbocycles. The van der Waals surface area contributed by atoms with E-state index >= 15 is 0 Å². The normalized spacial score (nSPS) is 23.3. The molecule has 1 saturated heterocycles. The van der Waals surface area contributed by atoms with E-state index in [1.807, 2.05) is 11.6 Å². The molecular weight excluding hydrogens is 238 g/mol. The number of nitrogens with zero attached hydrogens (tertiary/aromatic N) is 2. The molecule has 0 amide bonds. The van der Waals surface area contributed by atoms with Gasteiger partial charge < -0.3 is 5.32 Å². The van der Waals surface area contributed by atoms with Crippen molar-refractivity contribution in [3.63, 3.8) is 0 Å². The van der Waals surface area contributed by atoms with E-state index < -0.39 is 0 Å². The molecule has 1 atom stereocenters. The summed E-state index contributed by atoms with van der Waals surface area (Å²) in [6.45, 7) is 6.56. The Bertz CT molecular complexity index is 371. The molecule has 2 heterocycles. The molecule has 1 fully saturated rings. The number of amidine groups is 1. The summed E-state index contributed by atoms with van der Waals surface area (Å²) >= 11 is 3.49. The quantitative estimate of drug-likeness (QED) is 0.902. The lowest BCUT2D eigenvalue weighted by atomic mass is 10.1. The van der Waals surface area contributed by atoms with Crippen molar-refractivity contribution in [2.45, 2.75) is 38.8 Å². The summed E-state index contributed by atoms with van der Waals surface area (Å²) < 4.78 is 0. The van der Waals surface area contributed by atoms with Crippen LogP contribution in [0, 0.1) is 0 Å². The molecule has 1 aromatic heterocycles. The van der Waals surface area contributed by atoms with Gasteiger partial charge in [0.1, 0.15) is 11.0 Å². The van der Waals surface area contributed by atoms with Gasteiger partial charge in [0.25, 0.3) is 0 Å². The number of thioether (sulfide) groups is 1. The summed E-state index contributed by atoms with van der Waals surface area (Å²) in [6.07, 6.45) is 2.85. The van der Waals surface area contributed by atoms with Gasteiger partial charge in [0, 0.05) is 22.9 Å². The number of nitrogens with one attached hydrogen (secondary N) is 1. The van der Waals surface area contributed by atoms with Crippen molar-refractivity contribution in [2.75, 3.05) is 5.75 Å². The Labute approximate surface area is 105 Å². The van der Waals surface area contributed by atoms with Crippen molar-refractivity contribution in [3.8, 4) is 0 Å². The van der Waals surface area contributed by atoms with Gasteiger partial charge in [0.2, 0.25) is 0 Å². The summed E-state index contributed by atoms with van der Waals surface area (Å²) in [5.41, 5.74) is 0.171. The molecule has 0 aromatic carbocycles. The Morgan fingerprint density at radius 1 is 1.62 bits per heavy atom. The molecule has 0 spiro atoms. The molecule has 1 unspecified atom stereocenters. The molecule has 1 aliphatic heterocycles. The first-order valence-electron chi connectivity index (χ1n) is 5.49. The molecule has 1 N–H and O–H groups in total. The number of hydrogen-bond acceptors (Lipinski definition) is 4. The van der Waals surface area contributed by atoms with E-state index in [1.165, 1.54) is 0 Å². The number of rotatable bonds is 3. The highest BCUT2D eigenvalue weighted by atomic mass is 32.2. The molecule has 5 heteroatoms. The van der Waals surface area contributed by atoms with Crippen LogP contribution in [-0.2, 0) is 0 Å². The van der Waals surface area contributed by atoms with E-state index in [2.05, 4.69) is 31.1 Å². The first kappa shape index (κ1) is 11.9. The van der Waals surface area contributed by atoms with Gasteiger partial charge in [0.05, 0.1) is 0 Å². The molecule has 0 aliphatic carbocycles. The average Bonchev–Trinajstić information content (AvgIpc) is 2.84. The van der Waals surface area contributed by atoms with Crippen LogP contribution in [0.2, 0.25) is 0 Å². The van der Waals surface area contributed by atoms with Crippen molar-refractivity contribution in [2.24, 2.45) is 4.99 Å². The zero-order chi connectivity index (χ0) is 11.6. The zero-order valence-corrected chi connectivity index (χ0v) is 11.5. The van der Waals surface area contributed by atoms with Gasteiger partial charge in [-0.15, -0.1) is 11.3 Å². The third-order valence-corrected chi connectivity index (χ3v) is 4.64. The van der Waals surface area contributed by atoms with Crippen LogP contribution in [0.1, 0.15) is 38.2 Å². The topological polar surface area (TPSA) is 37.3 Å². The van der Waals surface area contributed by atoms with Crippen LogP contribution in [-0.4, -0.2) is 21.4 Å². The summed E-state index contributed by atoms with van der Waals surface area (Å²) in [5.74, 6) is 1.08. The van der Waals surface area contributed by atoms with Crippen molar-refractivity contribution >= 4 is 28.3 Å². The highest BCUT2D eigenvalue weighted by Crippen LogP contribution is 2.28. The second-order valence-corrected chi connectivity index (χ2v) is 6.42. The molecule has 3 nitrogen and oxygen atoms in total. The van der Waals surface area contributed by atoms with Crippen LogP contribution < -0.4 is 5.32 Å². The minimum Gasteiger partial charge on any atom is -0.359 e. The molecule has 0 bridgehead atoms. The van der Waals surface area contributed by atoms with Crippen LogP contribution in [0.25, 0.3) is 0 Å². The minimum absolute atomic E-state index is 0.171. The lowest BCUT2D eigenvalue weighted by molar-refractivity contribution is 0.534. The second kappa shape index (κ2) is 4.75. The first-order valence-corrected chi connectivity index (χ1v) is 7.35. The Kier molecular flexibility index (Phi) is 3.54. The minimum atomic E-state index is 0.171. The van der Waals surface area contributed by atoms with Crippen LogP contribution >= 0.6 is 23.1 Å². The van der Waals surface area contributed by atoms with Crippen molar-refractivity contribution in [3.05, 3.63) is 16.6 Å². The van der Waals surface area contributed by atoms with Crippen LogP contribution in [0.4, 0.5) is 0 Å². The van der Waals surface area contributed by atoms with Crippen LogP contribution in [0.15, 0.2) is 16.6 Å². The maximum absolute atomic E-state index is 4.75. The molecule has 88 valence electrons. The Morgan fingerprint density at radius 3 is 2.94 bits per heavy atom. The van der Waals surface area contributed by atoms with E-state index in [0.717, 1.165) is 22.3 Å². The number of hydrogen-bond donors (Lipinski definition) is 1. The van der Waals surface area contributed by atoms with Crippen LogP contribution in [0.3, 0.4) is 0 Å². The van der Waals surface area contributed by atoms with Crippen molar-refractivity contribution in [1.29, 1.82) is 0 Å². The Balaban J connectivity index is 2.10. The lowest BCUT2D eigenvalue weighted by Crippen LogP contribution is -2.37. The zero-order valence-electron chi connectivity index (χ0n) is 9.86. The fourth-order valence-corrected chi connectivity index (χ4v) is 3.42. The summed E-state index contributed by atoms with van der Waals surface area (Å²) in [7, 11) is 0. The predicted molar refractivity (Wildman–Crippen MR) is 72.3 cm³/mol. The van der Waals surface area contributed by atoms with Gasteiger partial charge in [-0.2, -0.15) is 0 Å². The molecule has 1 aromatic rings. The third kappa shape index (κ3) is 2.77. The molecular formula is C11H17N3S2. The SMILES string of the molecule is CCC(N=C1NC(C)(C)CS1)c1nccs1. The van der Waals surface area contributed by atoms with Crippen LogP contribution in [0.5, 0.6) is 0 Å². The van der Waals surface area contributed by atoms with E-state index in [9.17, 15) is 0 Å². The molecule has 2 rings (SSSR count). The van der Waals surface area contributed by atoms with Gasteiger partial charge in [-0.1, -0.05) is 18.7 Å². The standard InChI is InChI=1S/C11H17N3S2/c1-4-8(9-12-5-6-15-9)13-10-14-11(2,3)7-16-10/h5-6,8H,4,7H2,1-3H3,(H,13,14). The van der Waals surface area contributed by atoms with Gasteiger partial charge >= 0.3 is 0 Å². The largest absolute Gasteiger partial charge is 0.359 e. The fraction of sp³-hybridized carbons (Fsp3) is 0.636. The van der Waals surface area contributed by atoms with E-state index in [4.69, 9.17) is 4.99 Å². The number of thiazole rings is 1. The van der Waals surface area contributed by atoms with Crippen molar-refractivity contribution in [1.82, 2.24) is 10.3 Å². The third-order valence-electron chi connectivity index (χ3n) is 2.41. The van der Waals surface area contributed by atoms with Crippen molar-refractivity contribution < 1.29 is 0 Å². The van der Waals surface area contributed by atoms with Gasteiger partial charge in [0.15, 0.2) is 5.17 Å². The van der Waals surface area contributed by atoms with Gasteiger partial charge in [-0.25, -0.2) is 4.98 Å². The Morgan fingerprint density at radius 2 is 2.44 bits per heavy atom. The summed E-state index contributed by atoms with van der Waals surface area (Å²) in [5, 5.41) is 7.63. The average molecular weight is 255 g/mol. The highest BCUT2D eigenvalue weighted by molar-refractivity contribution is 8.14. The van der Waals surface area contributed by atoms with Gasteiger partial charge in [-0.05, 0) is 20.3 Å². The first-order chi connectivity index (χ1) is 7.61. The summed E-state index contributed by atoms with van der Waals surface area (Å²) in [4.78, 5) is 9.09.